The third-order valence-electron chi connectivity index (χ3n) is 7.00. The second-order valence-corrected chi connectivity index (χ2v) is 8.21. The number of hydrogen-bond acceptors (Lipinski definition) is 3. The molecule has 0 spiro atoms. The van der Waals surface area contributed by atoms with Crippen LogP contribution in [0.4, 0.5) is 0 Å². The van der Waals surface area contributed by atoms with Crippen molar-refractivity contribution < 1.29 is 14.6 Å². The molecule has 3 rings (SSSR count). The van der Waals surface area contributed by atoms with Gasteiger partial charge in [-0.3, -0.25) is 4.79 Å². The van der Waals surface area contributed by atoms with Gasteiger partial charge in [-0.15, -0.1) is 0 Å². The van der Waals surface area contributed by atoms with Crippen LogP contribution in [0.1, 0.15) is 59.8 Å². The summed E-state index contributed by atoms with van der Waals surface area (Å²) in [6.07, 6.45) is 5.64. The first-order valence-electron chi connectivity index (χ1n) is 7.51. The molecule has 19 heavy (non-hydrogen) atoms. The molecule has 1 N–H and O–H groups in total. The van der Waals surface area contributed by atoms with E-state index in [1.165, 1.54) is 6.42 Å². The Morgan fingerprint density at radius 3 is 2.47 bits per heavy atom. The van der Waals surface area contributed by atoms with Gasteiger partial charge in [0, 0.05) is 10.8 Å². The quantitative estimate of drug-likeness (QED) is 0.796. The van der Waals surface area contributed by atoms with E-state index in [9.17, 15) is 9.90 Å². The van der Waals surface area contributed by atoms with E-state index < -0.39 is 11.2 Å². The standard InChI is InChI=1S/C16H26O3/c1-13(2,18)16-6-5-11-7-15(9-16,8-12(11)16)14(3,4)19-10-17/h10-12,18H,5-9H2,1-4H3. The van der Waals surface area contributed by atoms with E-state index in [4.69, 9.17) is 4.74 Å². The summed E-state index contributed by atoms with van der Waals surface area (Å²) in [5.41, 5.74) is -0.940. The summed E-state index contributed by atoms with van der Waals surface area (Å²) < 4.78 is 5.45. The Morgan fingerprint density at radius 2 is 1.95 bits per heavy atom. The third kappa shape index (κ3) is 1.45. The molecule has 2 bridgehead atoms. The summed E-state index contributed by atoms with van der Waals surface area (Å²) in [5.74, 6) is 1.33. The zero-order valence-electron chi connectivity index (χ0n) is 12.5. The van der Waals surface area contributed by atoms with Crippen molar-refractivity contribution in [3.05, 3.63) is 0 Å². The van der Waals surface area contributed by atoms with Crippen molar-refractivity contribution in [3.63, 3.8) is 0 Å². The van der Waals surface area contributed by atoms with Crippen molar-refractivity contribution in [1.29, 1.82) is 0 Å². The lowest BCUT2D eigenvalue weighted by molar-refractivity contribution is -0.160. The van der Waals surface area contributed by atoms with Gasteiger partial charge in [-0.1, -0.05) is 0 Å². The summed E-state index contributed by atoms with van der Waals surface area (Å²) in [5, 5.41) is 10.7. The molecule has 0 aromatic heterocycles. The minimum absolute atomic E-state index is 0.0411. The summed E-state index contributed by atoms with van der Waals surface area (Å²) in [6, 6.07) is 0. The van der Waals surface area contributed by atoms with Gasteiger partial charge in [0.2, 0.25) is 0 Å². The summed E-state index contributed by atoms with van der Waals surface area (Å²) in [4.78, 5) is 10.8. The topological polar surface area (TPSA) is 46.5 Å². The SMILES string of the molecule is CC(C)(O)C12CCC3CC(C(C)(C)OC=O)(CC31)C2. The van der Waals surface area contributed by atoms with Gasteiger partial charge in [-0.25, -0.2) is 0 Å². The van der Waals surface area contributed by atoms with Crippen LogP contribution in [0.2, 0.25) is 0 Å². The van der Waals surface area contributed by atoms with E-state index in [2.05, 4.69) is 0 Å². The Balaban J connectivity index is 2.00. The molecule has 0 aliphatic heterocycles. The van der Waals surface area contributed by atoms with Gasteiger partial charge in [-0.05, 0) is 71.6 Å². The molecule has 108 valence electrons. The van der Waals surface area contributed by atoms with Crippen molar-refractivity contribution >= 4 is 6.47 Å². The van der Waals surface area contributed by atoms with Crippen LogP contribution in [-0.4, -0.2) is 22.8 Å². The zero-order valence-corrected chi connectivity index (χ0v) is 12.5. The van der Waals surface area contributed by atoms with Crippen LogP contribution >= 0.6 is 0 Å². The highest BCUT2D eigenvalue weighted by atomic mass is 16.5. The van der Waals surface area contributed by atoms with Crippen molar-refractivity contribution in [2.75, 3.05) is 0 Å². The lowest BCUT2D eigenvalue weighted by Gasteiger charge is -2.49. The van der Waals surface area contributed by atoms with E-state index in [0.717, 1.165) is 31.6 Å². The molecule has 0 heterocycles. The molecule has 3 saturated carbocycles. The van der Waals surface area contributed by atoms with Crippen molar-refractivity contribution in [2.24, 2.45) is 22.7 Å². The Kier molecular flexibility index (Phi) is 2.50. The largest absolute Gasteiger partial charge is 0.461 e. The molecular weight excluding hydrogens is 240 g/mol. The van der Waals surface area contributed by atoms with E-state index >= 15 is 0 Å². The highest BCUT2D eigenvalue weighted by Gasteiger charge is 2.73. The Morgan fingerprint density at radius 1 is 1.26 bits per heavy atom. The lowest BCUT2D eigenvalue weighted by atomic mass is 9.60. The first-order chi connectivity index (χ1) is 8.68. The molecule has 3 fully saturated rings. The highest BCUT2D eigenvalue weighted by Crippen LogP contribution is 2.77. The van der Waals surface area contributed by atoms with Crippen LogP contribution in [0, 0.1) is 22.7 Å². The van der Waals surface area contributed by atoms with Crippen LogP contribution in [0.3, 0.4) is 0 Å². The second-order valence-electron chi connectivity index (χ2n) is 8.21. The number of rotatable bonds is 4. The maximum Gasteiger partial charge on any atom is 0.293 e. The number of hydrogen-bond donors (Lipinski definition) is 1. The molecule has 3 aliphatic rings. The minimum Gasteiger partial charge on any atom is -0.461 e. The van der Waals surface area contributed by atoms with Gasteiger partial charge in [0.05, 0.1) is 5.60 Å². The predicted molar refractivity (Wildman–Crippen MR) is 72.5 cm³/mol. The molecule has 3 heteroatoms. The van der Waals surface area contributed by atoms with Crippen molar-refractivity contribution in [2.45, 2.75) is 71.0 Å². The Hall–Kier alpha value is -0.570. The second kappa shape index (κ2) is 3.55. The number of fused-ring (bicyclic) bond motifs is 1. The number of carbonyl (C=O) groups is 1. The molecule has 4 atom stereocenters. The molecule has 0 saturated heterocycles. The highest BCUT2D eigenvalue weighted by molar-refractivity contribution is 5.39. The molecule has 0 amide bonds. The van der Waals surface area contributed by atoms with Gasteiger partial charge in [0.15, 0.2) is 0 Å². The minimum atomic E-state index is -0.633. The van der Waals surface area contributed by atoms with Crippen molar-refractivity contribution in [3.8, 4) is 0 Å². The van der Waals surface area contributed by atoms with Crippen LogP contribution in [0.5, 0.6) is 0 Å². The fourth-order valence-corrected chi connectivity index (χ4v) is 5.79. The van der Waals surface area contributed by atoms with E-state index in [0.29, 0.717) is 12.4 Å². The molecule has 0 aromatic rings. The molecule has 3 aliphatic carbocycles. The zero-order chi connectivity index (χ0) is 14.1. The van der Waals surface area contributed by atoms with Gasteiger partial charge in [0.25, 0.3) is 6.47 Å². The van der Waals surface area contributed by atoms with Gasteiger partial charge < -0.3 is 9.84 Å². The van der Waals surface area contributed by atoms with Crippen molar-refractivity contribution in [1.82, 2.24) is 0 Å². The van der Waals surface area contributed by atoms with E-state index in [-0.39, 0.29) is 10.8 Å². The fraction of sp³-hybridized carbons (Fsp3) is 0.938. The van der Waals surface area contributed by atoms with Crippen LogP contribution in [0.25, 0.3) is 0 Å². The third-order valence-corrected chi connectivity index (χ3v) is 7.00. The molecule has 4 unspecified atom stereocenters. The number of ether oxygens (including phenoxy) is 1. The Bertz CT molecular complexity index is 409. The number of carbonyl (C=O) groups excluding carboxylic acids is 1. The van der Waals surface area contributed by atoms with Gasteiger partial charge in [0.1, 0.15) is 5.60 Å². The smallest absolute Gasteiger partial charge is 0.293 e. The Labute approximate surface area is 115 Å². The first-order valence-corrected chi connectivity index (χ1v) is 7.51. The van der Waals surface area contributed by atoms with Crippen LogP contribution in [0.15, 0.2) is 0 Å². The summed E-state index contributed by atoms with van der Waals surface area (Å²) >= 11 is 0. The maximum absolute atomic E-state index is 10.8. The average molecular weight is 266 g/mol. The molecular formula is C16H26O3. The summed E-state index contributed by atoms with van der Waals surface area (Å²) in [6.45, 7) is 8.63. The first kappa shape index (κ1) is 13.4. The molecule has 0 aromatic carbocycles. The van der Waals surface area contributed by atoms with E-state index in [1.54, 1.807) is 0 Å². The number of aliphatic hydroxyl groups is 1. The van der Waals surface area contributed by atoms with Crippen LogP contribution in [-0.2, 0) is 9.53 Å². The van der Waals surface area contributed by atoms with Gasteiger partial charge >= 0.3 is 0 Å². The van der Waals surface area contributed by atoms with Gasteiger partial charge in [-0.2, -0.15) is 0 Å². The molecule has 3 nitrogen and oxygen atoms in total. The maximum atomic E-state index is 10.8. The lowest BCUT2D eigenvalue weighted by Crippen LogP contribution is -2.50. The van der Waals surface area contributed by atoms with E-state index in [1.807, 2.05) is 27.7 Å². The predicted octanol–water partition coefficient (Wildman–Crippen LogP) is 2.91. The molecule has 0 radical (unpaired) electrons. The fourth-order valence-electron chi connectivity index (χ4n) is 5.79. The summed E-state index contributed by atoms with van der Waals surface area (Å²) in [7, 11) is 0. The normalized spacial score (nSPS) is 44.7. The monoisotopic (exact) mass is 266 g/mol. The average Bonchev–Trinajstić information content (AvgIpc) is 2.82. The van der Waals surface area contributed by atoms with Crippen LogP contribution < -0.4 is 0 Å².